The number of hydrogen-bond acceptors (Lipinski definition) is 5. The highest BCUT2D eigenvalue weighted by atomic mass is 79.9. The van der Waals surface area contributed by atoms with Gasteiger partial charge in [-0.2, -0.15) is 4.68 Å². The molecular weight excluding hydrogens is 386 g/mol. The molecule has 1 fully saturated rings. The van der Waals surface area contributed by atoms with Gasteiger partial charge in [0.05, 0.1) is 5.69 Å². The number of nitrogens with zero attached hydrogens (tertiary/aromatic N) is 6. The van der Waals surface area contributed by atoms with Crippen molar-refractivity contribution in [3.8, 4) is 5.69 Å². The normalized spacial score (nSPS) is 14.8. The van der Waals surface area contributed by atoms with Crippen molar-refractivity contribution in [3.05, 3.63) is 52.8 Å². The molecule has 0 radical (unpaired) electrons. The van der Waals surface area contributed by atoms with E-state index < -0.39 is 0 Å². The Morgan fingerprint density at radius 1 is 1.12 bits per heavy atom. The van der Waals surface area contributed by atoms with E-state index in [4.69, 9.17) is 0 Å². The molecule has 4 rings (SSSR count). The largest absolute Gasteiger partial charge is 0.356 e. The van der Waals surface area contributed by atoms with Crippen LogP contribution >= 0.6 is 15.9 Å². The van der Waals surface area contributed by atoms with Crippen LogP contribution in [0.5, 0.6) is 0 Å². The molecule has 1 saturated heterocycles. The first-order valence-electron chi connectivity index (χ1n) is 7.94. The lowest BCUT2D eigenvalue weighted by atomic mass is 10.3. The van der Waals surface area contributed by atoms with Gasteiger partial charge in [0.1, 0.15) is 5.69 Å². The fourth-order valence-corrected chi connectivity index (χ4v) is 3.23. The van der Waals surface area contributed by atoms with Crippen LogP contribution < -0.4 is 4.90 Å². The highest BCUT2D eigenvalue weighted by Gasteiger charge is 2.26. The fourth-order valence-electron chi connectivity index (χ4n) is 2.89. The summed E-state index contributed by atoms with van der Waals surface area (Å²) in [6.07, 6.45) is 1.76. The number of carbonyl (C=O) groups excluding carboxylic acids is 1. The van der Waals surface area contributed by atoms with E-state index in [0.29, 0.717) is 37.8 Å². The summed E-state index contributed by atoms with van der Waals surface area (Å²) in [6.45, 7) is 2.61. The lowest BCUT2D eigenvalue weighted by molar-refractivity contribution is 0.0741. The Labute approximate surface area is 152 Å². The molecule has 0 aliphatic carbocycles. The topological polar surface area (TPSA) is 82.9 Å². The second-order valence-corrected chi connectivity index (χ2v) is 6.65. The summed E-state index contributed by atoms with van der Waals surface area (Å²) in [4.78, 5) is 19.4. The van der Waals surface area contributed by atoms with Crippen LogP contribution in [0.4, 0.5) is 5.95 Å². The molecule has 1 aliphatic rings. The highest BCUT2D eigenvalue weighted by molar-refractivity contribution is 9.10. The van der Waals surface area contributed by atoms with Crippen molar-refractivity contribution in [2.45, 2.75) is 0 Å². The molecule has 3 aromatic rings. The smallest absolute Gasteiger partial charge is 0.270 e. The SMILES string of the molecule is O=C(c1cc(Br)c[nH]1)N1CCN(c2nnnn2-c2ccccc2)CC1. The number of anilines is 1. The average molecular weight is 402 g/mol. The standard InChI is InChI=1S/C16H16BrN7O/c17-12-10-14(18-11-12)15(25)22-6-8-23(9-7-22)16-19-20-21-24(16)13-4-2-1-3-5-13/h1-5,10-11,18H,6-9H2. The first-order chi connectivity index (χ1) is 12.2. The Bertz CT molecular complexity index is 868. The molecular formula is C16H16BrN7O. The van der Waals surface area contributed by atoms with Crippen LogP contribution in [0.2, 0.25) is 0 Å². The molecule has 8 nitrogen and oxygen atoms in total. The summed E-state index contributed by atoms with van der Waals surface area (Å²) >= 11 is 3.36. The number of halogens is 1. The minimum Gasteiger partial charge on any atom is -0.356 e. The minimum absolute atomic E-state index is 0.00741. The summed E-state index contributed by atoms with van der Waals surface area (Å²) < 4.78 is 2.59. The highest BCUT2D eigenvalue weighted by Crippen LogP contribution is 2.18. The van der Waals surface area contributed by atoms with Gasteiger partial charge in [-0.3, -0.25) is 4.79 Å². The van der Waals surface area contributed by atoms with Crippen LogP contribution in [0.1, 0.15) is 10.5 Å². The monoisotopic (exact) mass is 401 g/mol. The van der Waals surface area contributed by atoms with Gasteiger partial charge in [0.15, 0.2) is 0 Å². The van der Waals surface area contributed by atoms with Crippen molar-refractivity contribution in [2.75, 3.05) is 31.1 Å². The Kier molecular flexibility index (Phi) is 4.22. The third kappa shape index (κ3) is 3.14. The average Bonchev–Trinajstić information content (AvgIpc) is 3.31. The maximum Gasteiger partial charge on any atom is 0.270 e. The molecule has 0 bridgehead atoms. The van der Waals surface area contributed by atoms with Crippen molar-refractivity contribution in [1.82, 2.24) is 30.1 Å². The van der Waals surface area contributed by atoms with Crippen LogP contribution in [0.15, 0.2) is 47.1 Å². The molecule has 0 saturated carbocycles. The number of piperazine rings is 1. The number of amides is 1. The maximum atomic E-state index is 12.5. The van der Waals surface area contributed by atoms with E-state index in [9.17, 15) is 4.79 Å². The molecule has 2 aromatic heterocycles. The molecule has 1 N–H and O–H groups in total. The number of hydrogen-bond donors (Lipinski definition) is 1. The third-order valence-corrected chi connectivity index (χ3v) is 4.64. The van der Waals surface area contributed by atoms with Gasteiger partial charge in [0.25, 0.3) is 5.91 Å². The van der Waals surface area contributed by atoms with Crippen molar-refractivity contribution in [2.24, 2.45) is 0 Å². The molecule has 25 heavy (non-hydrogen) atoms. The van der Waals surface area contributed by atoms with Gasteiger partial charge < -0.3 is 14.8 Å². The lowest BCUT2D eigenvalue weighted by Crippen LogP contribution is -2.49. The number of carbonyl (C=O) groups is 1. The van der Waals surface area contributed by atoms with Crippen LogP contribution in [-0.2, 0) is 0 Å². The molecule has 0 unspecified atom stereocenters. The summed E-state index contributed by atoms with van der Waals surface area (Å²) in [5.41, 5.74) is 1.51. The predicted octanol–water partition coefficient (Wildman–Crippen LogP) is 1.72. The molecule has 1 aliphatic heterocycles. The molecule has 1 amide bonds. The summed E-state index contributed by atoms with van der Waals surface area (Å²) in [5, 5.41) is 12.1. The van der Waals surface area contributed by atoms with E-state index in [1.165, 1.54) is 0 Å². The number of aromatic nitrogens is 5. The summed E-state index contributed by atoms with van der Waals surface area (Å²) in [5.74, 6) is 0.703. The van der Waals surface area contributed by atoms with Crippen LogP contribution in [0.25, 0.3) is 5.69 Å². The molecule has 1 aromatic carbocycles. The van der Waals surface area contributed by atoms with Crippen molar-refractivity contribution >= 4 is 27.8 Å². The van der Waals surface area contributed by atoms with Gasteiger partial charge in [0, 0.05) is 36.8 Å². The second-order valence-electron chi connectivity index (χ2n) is 5.74. The van der Waals surface area contributed by atoms with E-state index in [0.717, 1.165) is 10.2 Å². The second kappa shape index (κ2) is 6.67. The van der Waals surface area contributed by atoms with E-state index in [-0.39, 0.29) is 5.91 Å². The van der Waals surface area contributed by atoms with E-state index >= 15 is 0 Å². The van der Waals surface area contributed by atoms with Crippen molar-refractivity contribution in [1.29, 1.82) is 0 Å². The Hall–Kier alpha value is -2.68. The van der Waals surface area contributed by atoms with Gasteiger partial charge >= 0.3 is 0 Å². The van der Waals surface area contributed by atoms with Gasteiger partial charge in [-0.25, -0.2) is 0 Å². The molecule has 3 heterocycles. The predicted molar refractivity (Wildman–Crippen MR) is 95.8 cm³/mol. The zero-order valence-corrected chi connectivity index (χ0v) is 14.9. The van der Waals surface area contributed by atoms with Gasteiger partial charge in [-0.15, -0.1) is 0 Å². The Morgan fingerprint density at radius 2 is 1.88 bits per heavy atom. The maximum absolute atomic E-state index is 12.5. The van der Waals surface area contributed by atoms with Crippen molar-refractivity contribution < 1.29 is 4.79 Å². The number of benzene rings is 1. The van der Waals surface area contributed by atoms with Crippen LogP contribution in [0, 0.1) is 0 Å². The number of rotatable bonds is 3. The minimum atomic E-state index is 0.00741. The molecule has 9 heteroatoms. The Morgan fingerprint density at radius 3 is 2.56 bits per heavy atom. The Balaban J connectivity index is 1.46. The number of tetrazole rings is 1. The number of nitrogens with one attached hydrogen (secondary N) is 1. The van der Waals surface area contributed by atoms with E-state index in [2.05, 4.69) is 41.3 Å². The van der Waals surface area contributed by atoms with Crippen molar-refractivity contribution in [3.63, 3.8) is 0 Å². The lowest BCUT2D eigenvalue weighted by Gasteiger charge is -2.34. The summed E-state index contributed by atoms with van der Waals surface area (Å²) in [7, 11) is 0. The fraction of sp³-hybridized carbons (Fsp3) is 0.250. The first-order valence-corrected chi connectivity index (χ1v) is 8.73. The van der Waals surface area contributed by atoms with E-state index in [1.807, 2.05) is 35.2 Å². The van der Waals surface area contributed by atoms with E-state index in [1.54, 1.807) is 16.9 Å². The molecule has 128 valence electrons. The molecule has 0 atom stereocenters. The number of aromatic amines is 1. The van der Waals surface area contributed by atoms with Gasteiger partial charge in [0.2, 0.25) is 5.95 Å². The quantitative estimate of drug-likeness (QED) is 0.722. The van der Waals surface area contributed by atoms with Crippen LogP contribution in [-0.4, -0.2) is 62.2 Å². The summed E-state index contributed by atoms with van der Waals surface area (Å²) in [6, 6.07) is 11.6. The van der Waals surface area contributed by atoms with Gasteiger partial charge in [-0.05, 0) is 44.6 Å². The van der Waals surface area contributed by atoms with Crippen LogP contribution in [0.3, 0.4) is 0 Å². The zero-order valence-electron chi connectivity index (χ0n) is 13.3. The molecule has 0 spiro atoms. The number of H-pyrrole nitrogens is 1. The van der Waals surface area contributed by atoms with Gasteiger partial charge in [-0.1, -0.05) is 23.3 Å². The number of para-hydroxylation sites is 1. The zero-order chi connectivity index (χ0) is 17.2. The first kappa shape index (κ1) is 15.8. The third-order valence-electron chi connectivity index (χ3n) is 4.18.